The summed E-state index contributed by atoms with van der Waals surface area (Å²) in [7, 11) is 0. The van der Waals surface area contributed by atoms with Crippen molar-refractivity contribution in [3.05, 3.63) is 115 Å². The molecule has 0 saturated carbocycles. The molecule has 31 heavy (non-hydrogen) atoms. The van der Waals surface area contributed by atoms with E-state index in [-0.39, 0.29) is 17.2 Å². The molecule has 0 radical (unpaired) electrons. The normalized spacial score (nSPS) is 12.7. The van der Waals surface area contributed by atoms with Gasteiger partial charge in [0.05, 0.1) is 11.4 Å². The number of alkyl halides is 3. The molecule has 0 fully saturated rings. The third-order valence-electron chi connectivity index (χ3n) is 4.02. The van der Waals surface area contributed by atoms with Crippen molar-refractivity contribution < 1.29 is 22.6 Å². The summed E-state index contributed by atoms with van der Waals surface area (Å²) in [6.07, 6.45) is -3.32. The first kappa shape index (κ1) is 21.8. The highest BCUT2D eigenvalue weighted by atomic mass is 19.4. The summed E-state index contributed by atoms with van der Waals surface area (Å²) in [5.74, 6) is -0.937. The molecule has 7 heteroatoms. The molecule has 0 unspecified atom stereocenters. The van der Waals surface area contributed by atoms with E-state index in [1.807, 2.05) is 0 Å². The maximum Gasteiger partial charge on any atom is 0.425 e. The fraction of sp³-hybridized carbons (Fsp3) is 0.0833. The van der Waals surface area contributed by atoms with Crippen LogP contribution in [0, 0.1) is 0 Å². The summed E-state index contributed by atoms with van der Waals surface area (Å²) < 4.78 is 53.3. The second kappa shape index (κ2) is 9.75. The minimum Gasteiger partial charge on any atom is -0.457 e. The number of pyridine rings is 1. The Kier molecular flexibility index (Phi) is 6.87. The van der Waals surface area contributed by atoms with Gasteiger partial charge < -0.3 is 9.47 Å². The van der Waals surface area contributed by atoms with E-state index in [1.54, 1.807) is 61.5 Å². The summed E-state index contributed by atoms with van der Waals surface area (Å²) in [6.45, 7) is 5.04. The minimum absolute atomic E-state index is 0.185. The van der Waals surface area contributed by atoms with Crippen molar-refractivity contribution >= 4 is 5.71 Å². The van der Waals surface area contributed by atoms with Crippen LogP contribution in [0.15, 0.2) is 114 Å². The van der Waals surface area contributed by atoms with Crippen LogP contribution in [-0.4, -0.2) is 16.9 Å². The highest BCUT2D eigenvalue weighted by Crippen LogP contribution is 2.36. The molecule has 0 aliphatic rings. The third kappa shape index (κ3) is 6.05. The van der Waals surface area contributed by atoms with E-state index in [0.717, 1.165) is 0 Å². The van der Waals surface area contributed by atoms with Gasteiger partial charge in [-0.25, -0.2) is 4.99 Å². The number of aliphatic imine (C=N–C) groups is 1. The highest BCUT2D eigenvalue weighted by molar-refractivity contribution is 5.97. The zero-order chi connectivity index (χ0) is 22.3. The molecule has 4 nitrogen and oxygen atoms in total. The van der Waals surface area contributed by atoms with Crippen molar-refractivity contribution in [3.63, 3.8) is 0 Å². The number of halogens is 3. The number of para-hydroxylation sites is 2. The maximum absolute atomic E-state index is 14.1. The van der Waals surface area contributed by atoms with Crippen LogP contribution in [0.2, 0.25) is 0 Å². The monoisotopic (exact) mass is 424 g/mol. The summed E-state index contributed by atoms with van der Waals surface area (Å²) in [5.41, 5.74) is -0.580. The van der Waals surface area contributed by atoms with Crippen molar-refractivity contribution in [2.75, 3.05) is 0 Å². The van der Waals surface area contributed by atoms with E-state index in [1.165, 1.54) is 30.5 Å². The Labute approximate surface area is 178 Å². The minimum atomic E-state index is -4.84. The molecular weight excluding hydrogens is 405 g/mol. The number of allylic oxidation sites excluding steroid dienone is 1. The van der Waals surface area contributed by atoms with Crippen LogP contribution in [0.5, 0.6) is 11.5 Å². The van der Waals surface area contributed by atoms with Gasteiger partial charge in [0.1, 0.15) is 17.3 Å². The van der Waals surface area contributed by atoms with Crippen LogP contribution in [-0.2, 0) is 0 Å². The van der Waals surface area contributed by atoms with Crippen molar-refractivity contribution in [2.24, 2.45) is 4.99 Å². The second-order valence-electron chi connectivity index (χ2n) is 6.34. The summed E-state index contributed by atoms with van der Waals surface area (Å²) in [4.78, 5) is 8.25. The van der Waals surface area contributed by atoms with Gasteiger partial charge in [-0.3, -0.25) is 4.98 Å². The van der Waals surface area contributed by atoms with Crippen molar-refractivity contribution in [1.82, 2.24) is 4.98 Å². The maximum atomic E-state index is 14.1. The first-order valence-electron chi connectivity index (χ1n) is 9.28. The van der Waals surface area contributed by atoms with Gasteiger partial charge in [0.15, 0.2) is 5.57 Å². The van der Waals surface area contributed by atoms with Crippen LogP contribution in [0.25, 0.3) is 0 Å². The number of rotatable bonds is 7. The van der Waals surface area contributed by atoms with E-state index in [4.69, 9.17) is 9.47 Å². The lowest BCUT2D eigenvalue weighted by molar-refractivity contribution is -0.0944. The van der Waals surface area contributed by atoms with Gasteiger partial charge in [0, 0.05) is 6.20 Å². The van der Waals surface area contributed by atoms with Crippen molar-refractivity contribution in [1.29, 1.82) is 0 Å². The van der Waals surface area contributed by atoms with E-state index >= 15 is 0 Å². The summed E-state index contributed by atoms with van der Waals surface area (Å²) >= 11 is 0. The molecule has 0 saturated heterocycles. The largest absolute Gasteiger partial charge is 0.457 e. The van der Waals surface area contributed by atoms with E-state index in [9.17, 15) is 13.2 Å². The number of hydrogen-bond acceptors (Lipinski definition) is 4. The van der Waals surface area contributed by atoms with Crippen molar-refractivity contribution in [3.8, 4) is 11.5 Å². The molecular formula is C24H19F3N2O2. The molecule has 1 heterocycles. The Balaban J connectivity index is 2.11. The van der Waals surface area contributed by atoms with Crippen LogP contribution in [0.4, 0.5) is 13.2 Å². The number of nitrogens with zero attached hydrogens (tertiary/aromatic N) is 2. The zero-order valence-corrected chi connectivity index (χ0v) is 16.6. The van der Waals surface area contributed by atoms with Gasteiger partial charge in [0.2, 0.25) is 5.88 Å². The molecule has 0 aliphatic carbocycles. The Morgan fingerprint density at radius 2 is 1.39 bits per heavy atom. The molecule has 1 aromatic heterocycles. The first-order valence-corrected chi connectivity index (χ1v) is 9.28. The number of aromatic nitrogens is 1. The zero-order valence-electron chi connectivity index (χ0n) is 16.6. The molecule has 2 aromatic carbocycles. The summed E-state index contributed by atoms with van der Waals surface area (Å²) in [5, 5.41) is 0. The fourth-order valence-electron chi connectivity index (χ4n) is 2.60. The predicted octanol–water partition coefficient (Wildman–Crippen LogP) is 6.34. The Morgan fingerprint density at radius 1 is 0.839 bits per heavy atom. The summed E-state index contributed by atoms with van der Waals surface area (Å²) in [6, 6.07) is 21.2. The van der Waals surface area contributed by atoms with Crippen LogP contribution < -0.4 is 9.47 Å². The lowest BCUT2D eigenvalue weighted by Gasteiger charge is -2.18. The number of benzene rings is 2. The van der Waals surface area contributed by atoms with Crippen LogP contribution >= 0.6 is 0 Å². The van der Waals surface area contributed by atoms with Gasteiger partial charge in [-0.1, -0.05) is 49.0 Å². The van der Waals surface area contributed by atoms with Crippen LogP contribution in [0.1, 0.15) is 12.6 Å². The molecule has 0 N–H and O–H groups in total. The standard InChI is InChI=1S/C24H19F3N2O2/c1-17(21-15-9-10-16-28-21)29-23(31-20-13-7-4-8-14-20)22(24(25,26)27)18(2)30-19-11-5-3-6-12-19/h3-16H,2H2,1H3/b23-22-,29-17?. The molecule has 158 valence electrons. The molecule has 0 amide bonds. The molecule has 3 aromatic rings. The highest BCUT2D eigenvalue weighted by Gasteiger charge is 2.41. The lowest BCUT2D eigenvalue weighted by atomic mass is 10.2. The first-order chi connectivity index (χ1) is 14.8. The smallest absolute Gasteiger partial charge is 0.425 e. The average molecular weight is 424 g/mol. The Hall–Kier alpha value is -3.87. The van der Waals surface area contributed by atoms with Crippen molar-refractivity contribution in [2.45, 2.75) is 13.1 Å². The Morgan fingerprint density at radius 3 is 1.90 bits per heavy atom. The van der Waals surface area contributed by atoms with Gasteiger partial charge >= 0.3 is 6.18 Å². The van der Waals surface area contributed by atoms with E-state index in [0.29, 0.717) is 5.69 Å². The third-order valence-corrected chi connectivity index (χ3v) is 4.02. The van der Waals surface area contributed by atoms with Gasteiger partial charge in [-0.05, 0) is 43.3 Å². The lowest BCUT2D eigenvalue weighted by Crippen LogP contribution is -2.21. The molecule has 3 rings (SSSR count). The molecule has 0 spiro atoms. The SMILES string of the molecule is C=C(Oc1ccccc1)/C(=C(\N=C(C)c1ccccn1)Oc1ccccc1)C(F)(F)F. The Bertz CT molecular complexity index is 1080. The van der Waals surface area contributed by atoms with E-state index < -0.39 is 23.4 Å². The van der Waals surface area contributed by atoms with E-state index in [2.05, 4.69) is 16.6 Å². The van der Waals surface area contributed by atoms with Gasteiger partial charge in [-0.15, -0.1) is 0 Å². The predicted molar refractivity (Wildman–Crippen MR) is 113 cm³/mol. The second-order valence-corrected chi connectivity index (χ2v) is 6.34. The molecule has 0 atom stereocenters. The quantitative estimate of drug-likeness (QED) is 0.253. The number of hydrogen-bond donors (Lipinski definition) is 0. The topological polar surface area (TPSA) is 43.7 Å². The van der Waals surface area contributed by atoms with Crippen LogP contribution in [0.3, 0.4) is 0 Å². The van der Waals surface area contributed by atoms with Gasteiger partial charge in [-0.2, -0.15) is 13.2 Å². The molecule has 0 bridgehead atoms. The number of ether oxygens (including phenoxy) is 2. The average Bonchev–Trinajstić information content (AvgIpc) is 2.75. The fourth-order valence-corrected chi connectivity index (χ4v) is 2.60. The molecule has 0 aliphatic heterocycles. The van der Waals surface area contributed by atoms with Gasteiger partial charge in [0.25, 0.3) is 0 Å².